The Bertz CT molecular complexity index is 854. The highest BCUT2D eigenvalue weighted by atomic mass is 35.5. The summed E-state index contributed by atoms with van der Waals surface area (Å²) in [4.78, 5) is 0. The third-order valence-corrected chi connectivity index (χ3v) is 4.75. The second-order valence-electron chi connectivity index (χ2n) is 5.57. The van der Waals surface area contributed by atoms with E-state index in [9.17, 15) is 0 Å². The SMILES string of the molecule is Clc1ccc(Cn2c3[n+](c4ccccc42)CCCN3)c(Cl)c1. The van der Waals surface area contributed by atoms with Crippen LogP contribution in [0.25, 0.3) is 11.0 Å². The molecule has 1 aromatic heterocycles. The predicted molar refractivity (Wildman–Crippen MR) is 90.8 cm³/mol. The van der Waals surface area contributed by atoms with Crippen LogP contribution in [0.4, 0.5) is 5.95 Å². The molecule has 3 aromatic rings. The van der Waals surface area contributed by atoms with Gasteiger partial charge < -0.3 is 0 Å². The fourth-order valence-electron chi connectivity index (χ4n) is 3.13. The van der Waals surface area contributed by atoms with Crippen LogP contribution in [0.5, 0.6) is 0 Å². The average molecular weight is 333 g/mol. The average Bonchev–Trinajstić information content (AvgIpc) is 2.85. The van der Waals surface area contributed by atoms with Crippen molar-refractivity contribution in [3.8, 4) is 0 Å². The summed E-state index contributed by atoms with van der Waals surface area (Å²) in [6.07, 6.45) is 1.15. The van der Waals surface area contributed by atoms with Gasteiger partial charge in [0.05, 0.1) is 19.6 Å². The first kappa shape index (κ1) is 13.9. The van der Waals surface area contributed by atoms with Crippen molar-refractivity contribution in [3.63, 3.8) is 0 Å². The van der Waals surface area contributed by atoms with Crippen LogP contribution >= 0.6 is 23.2 Å². The van der Waals surface area contributed by atoms with E-state index in [1.165, 1.54) is 11.0 Å². The van der Waals surface area contributed by atoms with Crippen molar-refractivity contribution in [1.82, 2.24) is 4.57 Å². The molecule has 0 bridgehead atoms. The molecule has 2 aromatic carbocycles. The Hall–Kier alpha value is -1.71. The van der Waals surface area contributed by atoms with Gasteiger partial charge in [-0.05, 0) is 24.3 Å². The van der Waals surface area contributed by atoms with Gasteiger partial charge in [-0.25, -0.2) is 9.13 Å². The van der Waals surface area contributed by atoms with Gasteiger partial charge in [0.15, 0.2) is 0 Å². The molecule has 0 saturated heterocycles. The largest absolute Gasteiger partial charge is 0.358 e. The standard InChI is InChI=1S/C17H15Cl2N3/c18-13-7-6-12(14(19)10-13)11-22-16-5-2-1-4-15(16)21-9-3-8-20-17(21)22/h1-2,4-7,10H,3,8-9,11H2/p+1. The van der Waals surface area contributed by atoms with Gasteiger partial charge in [0.1, 0.15) is 11.0 Å². The second-order valence-corrected chi connectivity index (χ2v) is 6.41. The Morgan fingerprint density at radius 3 is 2.86 bits per heavy atom. The maximum atomic E-state index is 6.36. The van der Waals surface area contributed by atoms with Gasteiger partial charge in [-0.15, -0.1) is 0 Å². The highest BCUT2D eigenvalue weighted by Gasteiger charge is 2.26. The summed E-state index contributed by atoms with van der Waals surface area (Å²) in [7, 11) is 0. The fraction of sp³-hybridized carbons (Fsp3) is 0.235. The van der Waals surface area contributed by atoms with E-state index in [-0.39, 0.29) is 0 Å². The Balaban J connectivity index is 1.87. The van der Waals surface area contributed by atoms with Gasteiger partial charge in [0, 0.05) is 22.0 Å². The highest BCUT2D eigenvalue weighted by Crippen LogP contribution is 2.26. The van der Waals surface area contributed by atoms with Crippen LogP contribution in [0, 0.1) is 0 Å². The Labute approximate surface area is 139 Å². The molecule has 1 N–H and O–H groups in total. The van der Waals surface area contributed by atoms with Gasteiger partial charge in [-0.1, -0.05) is 41.4 Å². The van der Waals surface area contributed by atoms with Crippen LogP contribution in [0.2, 0.25) is 10.0 Å². The van der Waals surface area contributed by atoms with Crippen molar-refractivity contribution >= 4 is 40.2 Å². The first-order chi connectivity index (χ1) is 10.7. The van der Waals surface area contributed by atoms with Gasteiger partial charge in [-0.2, -0.15) is 0 Å². The Morgan fingerprint density at radius 2 is 2.00 bits per heavy atom. The number of halogens is 2. The molecule has 0 spiro atoms. The molecule has 22 heavy (non-hydrogen) atoms. The number of hydrogen-bond donors (Lipinski definition) is 1. The first-order valence-corrected chi connectivity index (χ1v) is 8.18. The molecule has 0 fully saturated rings. The topological polar surface area (TPSA) is 20.8 Å². The number of benzene rings is 2. The molecule has 112 valence electrons. The van der Waals surface area contributed by atoms with E-state index in [2.05, 4.69) is 38.7 Å². The summed E-state index contributed by atoms with van der Waals surface area (Å²) < 4.78 is 4.65. The van der Waals surface area contributed by atoms with Gasteiger partial charge in [0.25, 0.3) is 0 Å². The lowest BCUT2D eigenvalue weighted by atomic mass is 10.2. The zero-order chi connectivity index (χ0) is 15.1. The van der Waals surface area contributed by atoms with Crippen molar-refractivity contribution in [2.75, 3.05) is 11.9 Å². The zero-order valence-corrected chi connectivity index (χ0v) is 13.5. The number of nitrogens with one attached hydrogen (secondary N) is 1. The van der Waals surface area contributed by atoms with Crippen molar-refractivity contribution in [2.45, 2.75) is 19.5 Å². The van der Waals surface area contributed by atoms with Crippen LogP contribution in [0.3, 0.4) is 0 Å². The van der Waals surface area contributed by atoms with Crippen molar-refractivity contribution in [1.29, 1.82) is 0 Å². The minimum atomic E-state index is 0.667. The van der Waals surface area contributed by atoms with Crippen molar-refractivity contribution in [2.24, 2.45) is 0 Å². The van der Waals surface area contributed by atoms with E-state index in [4.69, 9.17) is 23.2 Å². The fourth-order valence-corrected chi connectivity index (χ4v) is 3.60. The number of imidazole rings is 1. The van der Waals surface area contributed by atoms with Crippen molar-refractivity contribution < 1.29 is 4.57 Å². The minimum absolute atomic E-state index is 0.667. The van der Waals surface area contributed by atoms with E-state index in [0.717, 1.165) is 37.6 Å². The molecule has 1 aliphatic rings. The number of hydrogen-bond acceptors (Lipinski definition) is 1. The van der Waals surface area contributed by atoms with Gasteiger partial charge >= 0.3 is 5.95 Å². The quantitative estimate of drug-likeness (QED) is 0.701. The minimum Gasteiger partial charge on any atom is -0.277 e. The summed E-state index contributed by atoms with van der Waals surface area (Å²) in [5.41, 5.74) is 3.55. The Morgan fingerprint density at radius 1 is 1.14 bits per heavy atom. The Kier molecular flexibility index (Phi) is 3.47. The summed E-state index contributed by atoms with van der Waals surface area (Å²) in [6.45, 7) is 2.78. The monoisotopic (exact) mass is 332 g/mol. The molecule has 0 amide bonds. The van der Waals surface area contributed by atoms with Crippen LogP contribution in [-0.4, -0.2) is 11.1 Å². The lowest BCUT2D eigenvalue weighted by Crippen LogP contribution is -2.41. The summed E-state index contributed by atoms with van der Waals surface area (Å²) in [5, 5.41) is 4.90. The molecule has 1 aliphatic heterocycles. The number of nitrogens with zero attached hydrogens (tertiary/aromatic N) is 2. The number of fused-ring (bicyclic) bond motifs is 3. The van der Waals surface area contributed by atoms with Crippen LogP contribution in [0.1, 0.15) is 12.0 Å². The van der Waals surface area contributed by atoms with E-state index in [1.807, 2.05) is 12.1 Å². The molecule has 0 atom stereocenters. The third kappa shape index (κ3) is 2.25. The number of aryl methyl sites for hydroxylation is 1. The molecule has 0 radical (unpaired) electrons. The summed E-state index contributed by atoms with van der Waals surface area (Å²) >= 11 is 12.4. The van der Waals surface area contributed by atoms with Crippen LogP contribution in [0.15, 0.2) is 42.5 Å². The molecule has 5 heteroatoms. The smallest absolute Gasteiger partial charge is 0.277 e. The summed E-state index contributed by atoms with van der Waals surface area (Å²) in [5.74, 6) is 1.15. The van der Waals surface area contributed by atoms with Crippen LogP contribution < -0.4 is 9.88 Å². The molecular weight excluding hydrogens is 317 g/mol. The first-order valence-electron chi connectivity index (χ1n) is 7.43. The molecule has 0 unspecified atom stereocenters. The second kappa shape index (κ2) is 5.49. The van der Waals surface area contributed by atoms with E-state index in [0.29, 0.717) is 10.0 Å². The molecule has 3 nitrogen and oxygen atoms in total. The predicted octanol–water partition coefficient (Wildman–Crippen LogP) is 4.10. The molecule has 0 aliphatic carbocycles. The van der Waals surface area contributed by atoms with Gasteiger partial charge in [-0.3, -0.25) is 5.32 Å². The van der Waals surface area contributed by atoms with Crippen molar-refractivity contribution in [3.05, 3.63) is 58.1 Å². The maximum Gasteiger partial charge on any atom is 0.358 e. The lowest BCUT2D eigenvalue weighted by Gasteiger charge is -2.12. The normalized spacial score (nSPS) is 13.9. The molecular formula is C17H16Cl2N3+. The maximum absolute atomic E-state index is 6.36. The van der Waals surface area contributed by atoms with E-state index in [1.54, 1.807) is 6.07 Å². The highest BCUT2D eigenvalue weighted by molar-refractivity contribution is 6.35. The lowest BCUT2D eigenvalue weighted by molar-refractivity contribution is -0.661. The molecule has 4 rings (SSSR count). The third-order valence-electron chi connectivity index (χ3n) is 4.16. The molecule has 2 heterocycles. The van der Waals surface area contributed by atoms with E-state index >= 15 is 0 Å². The number of rotatable bonds is 2. The van der Waals surface area contributed by atoms with Crippen LogP contribution in [-0.2, 0) is 13.1 Å². The zero-order valence-electron chi connectivity index (χ0n) is 12.0. The number of aromatic nitrogens is 2. The summed E-state index contributed by atoms with van der Waals surface area (Å²) in [6, 6.07) is 14.2. The number of para-hydroxylation sites is 2. The van der Waals surface area contributed by atoms with E-state index < -0.39 is 0 Å². The van der Waals surface area contributed by atoms with Gasteiger partial charge in [0.2, 0.25) is 0 Å². The molecule has 0 saturated carbocycles. The number of anilines is 1.